The molecule has 3 nitrogen and oxygen atoms in total. The first-order chi connectivity index (χ1) is 6.39. The number of nitrogens with one attached hydrogen (secondary N) is 1. The summed E-state index contributed by atoms with van der Waals surface area (Å²) in [6.45, 7) is 12.0. The maximum Gasteiger partial charge on any atom is 0.273 e. The molecular weight excluding hydrogens is 210 g/mol. The first-order valence-corrected chi connectivity index (χ1v) is 10.3. The lowest BCUT2D eigenvalue weighted by Crippen LogP contribution is -2.46. The van der Waals surface area contributed by atoms with Crippen molar-refractivity contribution in [2.24, 2.45) is 0 Å². The summed E-state index contributed by atoms with van der Waals surface area (Å²) in [4.78, 5) is 14.0. The van der Waals surface area contributed by atoms with Crippen molar-refractivity contribution < 1.29 is 8.91 Å². The van der Waals surface area contributed by atoms with Crippen LogP contribution in [-0.4, -0.2) is 23.4 Å². The van der Waals surface area contributed by atoms with Gasteiger partial charge in [-0.25, -0.2) is 0 Å². The molecule has 82 valence electrons. The molecule has 14 heavy (non-hydrogen) atoms. The van der Waals surface area contributed by atoms with Gasteiger partial charge >= 0.3 is 0 Å². The molecule has 0 aliphatic carbocycles. The van der Waals surface area contributed by atoms with Gasteiger partial charge in [-0.1, -0.05) is 19.9 Å². The molecule has 0 aromatic rings. The number of amides is 1. The lowest BCUT2D eigenvalue weighted by Gasteiger charge is -2.25. The van der Waals surface area contributed by atoms with Gasteiger partial charge in [0.1, 0.15) is 0 Å². The second-order valence-corrected chi connectivity index (χ2v) is 11.2. The fraction of sp³-hybridized carbons (Fsp3) is 0.667. The van der Waals surface area contributed by atoms with Gasteiger partial charge in [0.2, 0.25) is 5.91 Å². The first kappa shape index (κ1) is 13.6. The Morgan fingerprint density at radius 2 is 2.14 bits per heavy atom. The maximum absolute atomic E-state index is 11.1. The third-order valence-electron chi connectivity index (χ3n) is 1.54. The Bertz CT molecular complexity index is 201. The highest BCUT2D eigenvalue weighted by Crippen LogP contribution is 2.07. The lowest BCUT2D eigenvalue weighted by molar-refractivity contribution is -0.115. The molecule has 1 amide bonds. The summed E-state index contributed by atoms with van der Waals surface area (Å²) in [5.74, 6) is -0.103. The van der Waals surface area contributed by atoms with Crippen molar-refractivity contribution in [3.8, 4) is 0 Å². The van der Waals surface area contributed by atoms with E-state index in [1.165, 1.54) is 6.08 Å². The van der Waals surface area contributed by atoms with Gasteiger partial charge in [-0.15, -0.1) is 0 Å². The molecule has 0 spiro atoms. The van der Waals surface area contributed by atoms with Crippen LogP contribution in [0.15, 0.2) is 12.7 Å². The second-order valence-electron chi connectivity index (χ2n) is 4.22. The number of carbonyl (C=O) groups is 1. The summed E-state index contributed by atoms with van der Waals surface area (Å²) in [6.07, 6.45) is 2.36. The SMILES string of the molecule is C=CC(=O)N[SiH](CCC)O[Si](C)(C)C. The predicted molar refractivity (Wildman–Crippen MR) is 65.0 cm³/mol. The Morgan fingerprint density at radius 1 is 1.57 bits per heavy atom. The van der Waals surface area contributed by atoms with E-state index >= 15 is 0 Å². The van der Waals surface area contributed by atoms with Crippen LogP contribution in [0.2, 0.25) is 25.7 Å². The van der Waals surface area contributed by atoms with Crippen LogP contribution in [0.1, 0.15) is 13.3 Å². The third kappa shape index (κ3) is 7.05. The molecule has 1 unspecified atom stereocenters. The van der Waals surface area contributed by atoms with Gasteiger partial charge in [-0.3, -0.25) is 4.79 Å². The molecule has 1 atom stereocenters. The molecule has 0 fully saturated rings. The minimum absolute atomic E-state index is 0.103. The van der Waals surface area contributed by atoms with Gasteiger partial charge in [0.15, 0.2) is 8.32 Å². The Balaban J connectivity index is 4.15. The van der Waals surface area contributed by atoms with Crippen LogP contribution in [0.5, 0.6) is 0 Å². The highest BCUT2D eigenvalue weighted by atomic mass is 28.4. The topological polar surface area (TPSA) is 38.3 Å². The number of rotatable bonds is 6. The van der Waals surface area contributed by atoms with E-state index in [1.807, 2.05) is 0 Å². The second kappa shape index (κ2) is 6.16. The Morgan fingerprint density at radius 3 is 2.50 bits per heavy atom. The van der Waals surface area contributed by atoms with E-state index in [1.54, 1.807) is 0 Å². The summed E-state index contributed by atoms with van der Waals surface area (Å²) in [6, 6.07) is 0.990. The van der Waals surface area contributed by atoms with Gasteiger partial charge in [0.05, 0.1) is 0 Å². The summed E-state index contributed by atoms with van der Waals surface area (Å²) < 4.78 is 5.95. The van der Waals surface area contributed by atoms with Gasteiger partial charge in [0, 0.05) is 0 Å². The molecule has 5 heteroatoms. The van der Waals surface area contributed by atoms with Crippen molar-refractivity contribution in [3.63, 3.8) is 0 Å². The summed E-state index contributed by atoms with van der Waals surface area (Å²) in [5, 5.41) is 0. The van der Waals surface area contributed by atoms with E-state index in [-0.39, 0.29) is 5.91 Å². The standard InChI is InChI=1S/C9H21NO2Si2/c1-6-8-13(10-9(11)7-2)12-14(3,4)5/h7,13H,2,6,8H2,1,3-5H3,(H,10,11). The van der Waals surface area contributed by atoms with E-state index in [0.717, 1.165) is 12.5 Å². The molecule has 0 aromatic carbocycles. The Labute approximate surface area is 89.5 Å². The molecule has 0 aliphatic rings. The maximum atomic E-state index is 11.1. The summed E-state index contributed by atoms with van der Waals surface area (Å²) >= 11 is 0. The minimum atomic E-state index is -1.54. The van der Waals surface area contributed by atoms with Crippen molar-refractivity contribution in [1.82, 2.24) is 4.98 Å². The number of carbonyl (C=O) groups excluding carboxylic acids is 1. The number of hydrogen-bond acceptors (Lipinski definition) is 2. The average molecular weight is 231 g/mol. The molecule has 1 N–H and O–H groups in total. The van der Waals surface area contributed by atoms with Crippen LogP contribution in [-0.2, 0) is 8.91 Å². The fourth-order valence-electron chi connectivity index (χ4n) is 1.07. The van der Waals surface area contributed by atoms with Crippen LogP contribution in [0, 0.1) is 0 Å². The minimum Gasteiger partial charge on any atom is -0.443 e. The molecule has 0 bridgehead atoms. The largest absolute Gasteiger partial charge is 0.443 e. The molecule has 0 rings (SSSR count). The van der Waals surface area contributed by atoms with E-state index in [9.17, 15) is 4.79 Å². The molecule has 0 aromatic heterocycles. The van der Waals surface area contributed by atoms with Crippen LogP contribution in [0.4, 0.5) is 0 Å². The quantitative estimate of drug-likeness (QED) is 0.559. The zero-order chi connectivity index (χ0) is 11.2. The van der Waals surface area contributed by atoms with Crippen molar-refractivity contribution in [3.05, 3.63) is 12.7 Å². The fourth-order valence-corrected chi connectivity index (χ4v) is 6.29. The predicted octanol–water partition coefficient (Wildman–Crippen LogP) is 1.77. The van der Waals surface area contributed by atoms with Crippen LogP contribution in [0.25, 0.3) is 0 Å². The molecule has 0 heterocycles. The zero-order valence-corrected chi connectivity index (χ0v) is 11.7. The monoisotopic (exact) mass is 231 g/mol. The zero-order valence-electron chi connectivity index (χ0n) is 9.59. The Kier molecular flexibility index (Phi) is 5.98. The van der Waals surface area contributed by atoms with Crippen molar-refractivity contribution in [2.75, 3.05) is 0 Å². The summed E-state index contributed by atoms with van der Waals surface area (Å²) in [7, 11) is -3.07. The van der Waals surface area contributed by atoms with Gasteiger partial charge < -0.3 is 9.10 Å². The highest BCUT2D eigenvalue weighted by molar-refractivity contribution is 6.77. The van der Waals surface area contributed by atoms with Crippen molar-refractivity contribution in [2.45, 2.75) is 39.0 Å². The van der Waals surface area contributed by atoms with E-state index in [0.29, 0.717) is 0 Å². The molecule has 0 saturated heterocycles. The third-order valence-corrected chi connectivity index (χ3v) is 7.21. The summed E-state index contributed by atoms with van der Waals surface area (Å²) in [5.41, 5.74) is 0. The lowest BCUT2D eigenvalue weighted by atomic mass is 10.6. The number of hydrogen-bond donors (Lipinski definition) is 1. The van der Waals surface area contributed by atoms with Crippen molar-refractivity contribution in [1.29, 1.82) is 0 Å². The van der Waals surface area contributed by atoms with E-state index in [4.69, 9.17) is 4.12 Å². The van der Waals surface area contributed by atoms with E-state index in [2.05, 4.69) is 38.1 Å². The molecule has 0 saturated carbocycles. The van der Waals surface area contributed by atoms with Gasteiger partial charge in [0.25, 0.3) is 9.20 Å². The Hall–Kier alpha value is -0.396. The van der Waals surface area contributed by atoms with E-state index < -0.39 is 17.5 Å². The van der Waals surface area contributed by atoms with Gasteiger partial charge in [-0.05, 0) is 31.8 Å². The highest BCUT2D eigenvalue weighted by Gasteiger charge is 2.22. The van der Waals surface area contributed by atoms with Gasteiger partial charge in [-0.2, -0.15) is 0 Å². The van der Waals surface area contributed by atoms with Crippen LogP contribution >= 0.6 is 0 Å². The smallest absolute Gasteiger partial charge is 0.273 e. The first-order valence-electron chi connectivity index (χ1n) is 4.99. The molecule has 0 radical (unpaired) electrons. The molecular formula is C9H21NO2Si2. The van der Waals surface area contributed by atoms with Crippen LogP contribution < -0.4 is 4.98 Å². The molecule has 0 aliphatic heterocycles. The van der Waals surface area contributed by atoms with Crippen molar-refractivity contribution >= 4 is 23.4 Å². The van der Waals surface area contributed by atoms with Crippen LogP contribution in [0.3, 0.4) is 0 Å². The average Bonchev–Trinajstić information content (AvgIpc) is 2.01. The normalized spacial score (nSPS) is 13.4.